The van der Waals surface area contributed by atoms with E-state index in [1.165, 1.54) is 18.2 Å². The van der Waals surface area contributed by atoms with Gasteiger partial charge in [-0.25, -0.2) is 0 Å². The third kappa shape index (κ3) is 3.81. The van der Waals surface area contributed by atoms with Crippen LogP contribution in [-0.4, -0.2) is 28.8 Å². The summed E-state index contributed by atoms with van der Waals surface area (Å²) >= 11 is 0. The summed E-state index contributed by atoms with van der Waals surface area (Å²) in [6.07, 6.45) is 4.40. The molecule has 1 aromatic carbocycles. The fourth-order valence-electron chi connectivity index (χ4n) is 2.91. The lowest BCUT2D eigenvalue weighted by atomic mass is 10.1. The van der Waals surface area contributed by atoms with Crippen LogP contribution in [0, 0.1) is 21.4 Å². The van der Waals surface area contributed by atoms with Crippen molar-refractivity contribution in [2.75, 3.05) is 13.1 Å². The molecule has 0 N–H and O–H groups in total. The predicted molar refractivity (Wildman–Crippen MR) is 94.8 cm³/mol. The Labute approximate surface area is 150 Å². The standard InChI is InChI=1S/C19H17N3O4/c20-13-15(19(23)21-9-2-1-3-10-21)12-17-7-8-18(26-17)14-5-4-6-16(11-14)22(24)25/h4-8,11-12H,1-3,9-10H2. The van der Waals surface area contributed by atoms with E-state index >= 15 is 0 Å². The number of nitro benzene ring substituents is 1. The van der Waals surface area contributed by atoms with Gasteiger partial charge in [0.25, 0.3) is 11.6 Å². The number of non-ortho nitro benzene ring substituents is 1. The van der Waals surface area contributed by atoms with Crippen LogP contribution in [0.5, 0.6) is 0 Å². The van der Waals surface area contributed by atoms with Crippen molar-refractivity contribution in [3.8, 4) is 17.4 Å². The average Bonchev–Trinajstić information content (AvgIpc) is 3.15. The molecule has 1 amide bonds. The first-order chi connectivity index (χ1) is 12.6. The molecule has 7 nitrogen and oxygen atoms in total. The maximum absolute atomic E-state index is 12.4. The van der Waals surface area contributed by atoms with Crippen LogP contribution >= 0.6 is 0 Å². The first-order valence-electron chi connectivity index (χ1n) is 8.34. The monoisotopic (exact) mass is 351 g/mol. The number of likely N-dealkylation sites (tertiary alicyclic amines) is 1. The van der Waals surface area contributed by atoms with Crippen LogP contribution in [0.2, 0.25) is 0 Å². The van der Waals surface area contributed by atoms with Crippen molar-refractivity contribution < 1.29 is 14.1 Å². The van der Waals surface area contributed by atoms with E-state index in [2.05, 4.69) is 0 Å². The van der Waals surface area contributed by atoms with E-state index in [4.69, 9.17) is 4.42 Å². The Balaban J connectivity index is 1.83. The lowest BCUT2D eigenvalue weighted by Gasteiger charge is -2.26. The molecular weight excluding hydrogens is 334 g/mol. The minimum Gasteiger partial charge on any atom is -0.457 e. The zero-order chi connectivity index (χ0) is 18.5. The lowest BCUT2D eigenvalue weighted by Crippen LogP contribution is -2.36. The van der Waals surface area contributed by atoms with Crippen molar-refractivity contribution in [2.24, 2.45) is 0 Å². The van der Waals surface area contributed by atoms with Gasteiger partial charge >= 0.3 is 0 Å². The van der Waals surface area contributed by atoms with Crippen LogP contribution < -0.4 is 0 Å². The second-order valence-corrected chi connectivity index (χ2v) is 6.03. The van der Waals surface area contributed by atoms with E-state index in [1.807, 2.05) is 6.07 Å². The summed E-state index contributed by atoms with van der Waals surface area (Å²) in [5, 5.41) is 20.2. The second-order valence-electron chi connectivity index (χ2n) is 6.03. The highest BCUT2D eigenvalue weighted by atomic mass is 16.6. The summed E-state index contributed by atoms with van der Waals surface area (Å²) in [4.78, 5) is 24.5. The van der Waals surface area contributed by atoms with Crippen molar-refractivity contribution >= 4 is 17.7 Å². The topological polar surface area (TPSA) is 100 Å². The summed E-state index contributed by atoms with van der Waals surface area (Å²) in [6.45, 7) is 1.32. The molecule has 1 aliphatic rings. The number of carbonyl (C=O) groups is 1. The highest BCUT2D eigenvalue weighted by Crippen LogP contribution is 2.26. The number of nitrogens with zero attached hydrogens (tertiary/aromatic N) is 3. The molecule has 26 heavy (non-hydrogen) atoms. The van der Waals surface area contributed by atoms with Gasteiger partial charge in [0.2, 0.25) is 0 Å². The summed E-state index contributed by atoms with van der Waals surface area (Å²) in [6, 6.07) is 11.3. The summed E-state index contributed by atoms with van der Waals surface area (Å²) in [7, 11) is 0. The number of furan rings is 1. The summed E-state index contributed by atoms with van der Waals surface area (Å²) < 4.78 is 5.65. The molecule has 2 aromatic rings. The highest BCUT2D eigenvalue weighted by molar-refractivity contribution is 6.01. The van der Waals surface area contributed by atoms with Gasteiger partial charge in [0.05, 0.1) is 4.92 Å². The Morgan fingerprint density at radius 2 is 2.00 bits per heavy atom. The van der Waals surface area contributed by atoms with Gasteiger partial charge in [-0.1, -0.05) is 12.1 Å². The van der Waals surface area contributed by atoms with Crippen LogP contribution in [0.15, 0.2) is 46.4 Å². The largest absolute Gasteiger partial charge is 0.457 e. The number of hydrogen-bond donors (Lipinski definition) is 0. The normalized spacial score (nSPS) is 14.7. The van der Waals surface area contributed by atoms with Crippen molar-refractivity contribution in [1.82, 2.24) is 4.90 Å². The molecule has 0 unspecified atom stereocenters. The molecule has 0 aliphatic carbocycles. The fourth-order valence-corrected chi connectivity index (χ4v) is 2.91. The number of amides is 1. The van der Waals surface area contributed by atoms with E-state index < -0.39 is 4.92 Å². The van der Waals surface area contributed by atoms with Gasteiger partial charge in [-0.05, 0) is 31.4 Å². The quantitative estimate of drug-likeness (QED) is 0.361. The van der Waals surface area contributed by atoms with Crippen molar-refractivity contribution in [1.29, 1.82) is 5.26 Å². The van der Waals surface area contributed by atoms with E-state index in [0.717, 1.165) is 19.3 Å². The molecule has 7 heteroatoms. The molecule has 1 saturated heterocycles. The van der Waals surface area contributed by atoms with Gasteiger partial charge in [0.15, 0.2) is 0 Å². The van der Waals surface area contributed by atoms with Crippen LogP contribution in [0.25, 0.3) is 17.4 Å². The third-order valence-corrected chi connectivity index (χ3v) is 4.25. The lowest BCUT2D eigenvalue weighted by molar-refractivity contribution is -0.384. The van der Waals surface area contributed by atoms with Gasteiger partial charge in [0.1, 0.15) is 23.2 Å². The molecule has 0 bridgehead atoms. The maximum Gasteiger partial charge on any atom is 0.270 e. The van der Waals surface area contributed by atoms with Gasteiger partial charge in [0, 0.05) is 36.9 Å². The number of hydrogen-bond acceptors (Lipinski definition) is 5. The number of rotatable bonds is 4. The fraction of sp³-hybridized carbons (Fsp3) is 0.263. The van der Waals surface area contributed by atoms with Crippen LogP contribution in [0.4, 0.5) is 5.69 Å². The van der Waals surface area contributed by atoms with E-state index in [1.54, 1.807) is 29.2 Å². The highest BCUT2D eigenvalue weighted by Gasteiger charge is 2.20. The summed E-state index contributed by atoms with van der Waals surface area (Å²) in [5.41, 5.74) is 0.542. The average molecular weight is 351 g/mol. The van der Waals surface area contributed by atoms with Crippen molar-refractivity contribution in [2.45, 2.75) is 19.3 Å². The van der Waals surface area contributed by atoms with Crippen LogP contribution in [-0.2, 0) is 4.79 Å². The molecule has 1 aromatic heterocycles. The third-order valence-electron chi connectivity index (χ3n) is 4.25. The predicted octanol–water partition coefficient (Wildman–Crippen LogP) is 3.77. The first-order valence-corrected chi connectivity index (χ1v) is 8.34. The number of carbonyl (C=O) groups excluding carboxylic acids is 1. The smallest absolute Gasteiger partial charge is 0.270 e. The molecule has 0 spiro atoms. The summed E-state index contributed by atoms with van der Waals surface area (Å²) in [5.74, 6) is 0.497. The van der Waals surface area contributed by atoms with Gasteiger partial charge in [-0.2, -0.15) is 5.26 Å². The van der Waals surface area contributed by atoms with E-state index in [9.17, 15) is 20.2 Å². The van der Waals surface area contributed by atoms with Gasteiger partial charge in [-0.15, -0.1) is 0 Å². The molecule has 1 fully saturated rings. The van der Waals surface area contributed by atoms with Crippen LogP contribution in [0.1, 0.15) is 25.0 Å². The van der Waals surface area contributed by atoms with Crippen molar-refractivity contribution in [3.63, 3.8) is 0 Å². The zero-order valence-electron chi connectivity index (χ0n) is 14.1. The SMILES string of the molecule is N#CC(=Cc1ccc(-c2cccc([N+](=O)[O-])c2)o1)C(=O)N1CCCCC1. The first kappa shape index (κ1) is 17.4. The Bertz CT molecular complexity index is 902. The zero-order valence-corrected chi connectivity index (χ0v) is 14.1. The Morgan fingerprint density at radius 3 is 2.69 bits per heavy atom. The molecule has 0 atom stereocenters. The Morgan fingerprint density at radius 1 is 1.23 bits per heavy atom. The van der Waals surface area contributed by atoms with Gasteiger partial charge in [-0.3, -0.25) is 14.9 Å². The van der Waals surface area contributed by atoms with Gasteiger partial charge < -0.3 is 9.32 Å². The molecule has 0 radical (unpaired) electrons. The number of nitro groups is 1. The molecule has 3 rings (SSSR count). The Kier molecular flexibility index (Phi) is 5.13. The second kappa shape index (κ2) is 7.66. The number of benzene rings is 1. The number of nitriles is 1. The minimum absolute atomic E-state index is 0.0202. The molecule has 1 aliphatic heterocycles. The minimum atomic E-state index is -0.474. The molecule has 2 heterocycles. The molecule has 132 valence electrons. The van der Waals surface area contributed by atoms with E-state index in [0.29, 0.717) is 30.2 Å². The molecule has 0 saturated carbocycles. The molecular formula is C19H17N3O4. The Hall–Kier alpha value is -3.40. The van der Waals surface area contributed by atoms with Crippen molar-refractivity contribution in [3.05, 3.63) is 57.8 Å². The van der Waals surface area contributed by atoms with E-state index in [-0.39, 0.29) is 17.2 Å². The van der Waals surface area contributed by atoms with Crippen LogP contribution in [0.3, 0.4) is 0 Å². The number of piperidine rings is 1. The maximum atomic E-state index is 12.4.